The van der Waals surface area contributed by atoms with Crippen LogP contribution in [0.3, 0.4) is 0 Å². The molecular weight excluding hydrogens is 423 g/mol. The topological polar surface area (TPSA) is 66.8 Å². The van der Waals surface area contributed by atoms with Gasteiger partial charge in [-0.3, -0.25) is 9.59 Å². The van der Waals surface area contributed by atoms with Crippen LogP contribution in [0.25, 0.3) is 10.9 Å². The normalized spacial score (nSPS) is 18.3. The Labute approximate surface area is 191 Å². The molecule has 33 heavy (non-hydrogen) atoms. The zero-order valence-electron chi connectivity index (χ0n) is 18.8. The van der Waals surface area contributed by atoms with Gasteiger partial charge in [0.15, 0.2) is 11.6 Å². The van der Waals surface area contributed by atoms with Crippen LogP contribution < -0.4 is 20.4 Å². The minimum atomic E-state index is -0.498. The largest absolute Gasteiger partial charge is 0.487 e. The van der Waals surface area contributed by atoms with Crippen molar-refractivity contribution < 1.29 is 13.9 Å². The number of carbonyl (C=O) groups excluding carboxylic acids is 1. The predicted molar refractivity (Wildman–Crippen MR) is 126 cm³/mol. The summed E-state index contributed by atoms with van der Waals surface area (Å²) < 4.78 is 23.3. The number of likely N-dealkylation sites (N-methyl/N-ethyl adjacent to an activating group) is 1. The standard InChI is InChI=1S/C25H27FN4O3/c1-16-15-33-24-21-18(12-20(26)22(24)29-10-8-28(2)9-11-29)23(31)19(14-30(16)21)25(32)27-13-17-6-4-3-5-7-17/h3-7,12,14,16H,8-11,13,15H2,1-2H3,(H,27,32)/t16-/m0/s1. The zero-order chi connectivity index (χ0) is 23.1. The molecule has 3 aromatic rings. The number of nitrogens with zero attached hydrogens (tertiary/aromatic N) is 3. The van der Waals surface area contributed by atoms with E-state index >= 15 is 4.39 Å². The second kappa shape index (κ2) is 8.51. The van der Waals surface area contributed by atoms with Crippen LogP contribution in [0.2, 0.25) is 0 Å². The van der Waals surface area contributed by atoms with Crippen molar-refractivity contribution >= 4 is 22.5 Å². The van der Waals surface area contributed by atoms with Crippen molar-refractivity contribution in [2.75, 3.05) is 44.7 Å². The van der Waals surface area contributed by atoms with Crippen molar-refractivity contribution in [1.82, 2.24) is 14.8 Å². The first kappa shape index (κ1) is 21.5. The Kier molecular flexibility index (Phi) is 5.54. The maximum atomic E-state index is 15.4. The van der Waals surface area contributed by atoms with Crippen LogP contribution in [0.5, 0.6) is 5.75 Å². The smallest absolute Gasteiger partial charge is 0.257 e. The van der Waals surface area contributed by atoms with Gasteiger partial charge in [0.1, 0.15) is 17.9 Å². The lowest BCUT2D eigenvalue weighted by atomic mass is 10.0. The molecule has 0 saturated carbocycles. The Balaban J connectivity index is 1.58. The fraction of sp³-hybridized carbons (Fsp3) is 0.360. The quantitative estimate of drug-likeness (QED) is 0.662. The van der Waals surface area contributed by atoms with Crippen LogP contribution in [0, 0.1) is 5.82 Å². The van der Waals surface area contributed by atoms with Gasteiger partial charge in [0.05, 0.1) is 16.9 Å². The number of halogens is 1. The number of pyridine rings is 1. The van der Waals surface area contributed by atoms with E-state index in [1.807, 2.05) is 53.8 Å². The number of hydrogen-bond acceptors (Lipinski definition) is 5. The van der Waals surface area contributed by atoms with Gasteiger partial charge in [0, 0.05) is 38.9 Å². The molecule has 3 heterocycles. The lowest BCUT2D eigenvalue weighted by Gasteiger charge is -2.37. The summed E-state index contributed by atoms with van der Waals surface area (Å²) in [6.45, 7) is 5.58. The fourth-order valence-corrected chi connectivity index (χ4v) is 4.57. The molecule has 1 fully saturated rings. The van der Waals surface area contributed by atoms with E-state index in [0.29, 0.717) is 43.2 Å². The zero-order valence-corrected chi connectivity index (χ0v) is 18.8. The second-order valence-electron chi connectivity index (χ2n) is 8.83. The summed E-state index contributed by atoms with van der Waals surface area (Å²) >= 11 is 0. The molecule has 7 nitrogen and oxygen atoms in total. The SMILES string of the molecule is C[C@H]1COc2c(N3CCN(C)CC3)c(F)cc3c(=O)c(C(=O)NCc4ccccc4)cn1c23. The third-order valence-electron chi connectivity index (χ3n) is 6.50. The minimum Gasteiger partial charge on any atom is -0.487 e. The molecule has 1 saturated heterocycles. The van der Waals surface area contributed by atoms with Gasteiger partial charge in [-0.2, -0.15) is 0 Å². The van der Waals surface area contributed by atoms with Gasteiger partial charge < -0.3 is 24.4 Å². The van der Waals surface area contributed by atoms with E-state index in [-0.39, 0.29) is 17.0 Å². The highest BCUT2D eigenvalue weighted by Crippen LogP contribution is 2.42. The number of piperazine rings is 1. The Morgan fingerprint density at radius 3 is 2.64 bits per heavy atom. The molecule has 1 atom stereocenters. The van der Waals surface area contributed by atoms with E-state index in [4.69, 9.17) is 4.74 Å². The maximum Gasteiger partial charge on any atom is 0.257 e. The molecule has 1 aromatic heterocycles. The first-order valence-electron chi connectivity index (χ1n) is 11.2. The fourth-order valence-electron chi connectivity index (χ4n) is 4.57. The molecule has 0 spiro atoms. The molecule has 0 unspecified atom stereocenters. The molecule has 172 valence electrons. The van der Waals surface area contributed by atoms with Crippen LogP contribution in [-0.2, 0) is 6.54 Å². The summed E-state index contributed by atoms with van der Waals surface area (Å²) in [5.74, 6) is -0.582. The summed E-state index contributed by atoms with van der Waals surface area (Å²) in [4.78, 5) is 30.4. The first-order chi connectivity index (χ1) is 15.9. The van der Waals surface area contributed by atoms with Crippen LogP contribution in [0.15, 0.2) is 47.4 Å². The van der Waals surface area contributed by atoms with Gasteiger partial charge in [0.25, 0.3) is 5.91 Å². The van der Waals surface area contributed by atoms with Crippen molar-refractivity contribution in [3.63, 3.8) is 0 Å². The van der Waals surface area contributed by atoms with Crippen LogP contribution in [0.1, 0.15) is 28.9 Å². The second-order valence-corrected chi connectivity index (χ2v) is 8.83. The Morgan fingerprint density at radius 2 is 1.91 bits per heavy atom. The van der Waals surface area contributed by atoms with E-state index < -0.39 is 17.2 Å². The number of nitrogens with one attached hydrogen (secondary N) is 1. The number of benzene rings is 2. The summed E-state index contributed by atoms with van der Waals surface area (Å²) in [6, 6.07) is 10.6. The summed E-state index contributed by atoms with van der Waals surface area (Å²) in [5.41, 5.74) is 1.39. The van der Waals surface area contributed by atoms with Crippen LogP contribution in [-0.4, -0.2) is 55.2 Å². The monoisotopic (exact) mass is 450 g/mol. The average Bonchev–Trinajstić information content (AvgIpc) is 2.82. The third-order valence-corrected chi connectivity index (χ3v) is 6.50. The molecule has 2 aromatic carbocycles. The first-order valence-corrected chi connectivity index (χ1v) is 11.2. The van der Waals surface area contributed by atoms with E-state index in [2.05, 4.69) is 10.2 Å². The molecule has 5 rings (SSSR count). The van der Waals surface area contributed by atoms with Crippen molar-refractivity contribution in [1.29, 1.82) is 0 Å². The highest BCUT2D eigenvalue weighted by atomic mass is 19.1. The van der Waals surface area contributed by atoms with E-state index in [0.717, 1.165) is 18.7 Å². The number of anilines is 1. The molecular formula is C25H27FN4O3. The van der Waals surface area contributed by atoms with Gasteiger partial charge in [-0.1, -0.05) is 30.3 Å². The molecule has 8 heteroatoms. The molecule has 1 N–H and O–H groups in total. The van der Waals surface area contributed by atoms with Gasteiger partial charge in [-0.15, -0.1) is 0 Å². The van der Waals surface area contributed by atoms with Crippen molar-refractivity contribution in [2.24, 2.45) is 0 Å². The number of hydrogen-bond donors (Lipinski definition) is 1. The van der Waals surface area contributed by atoms with E-state index in [9.17, 15) is 9.59 Å². The number of aromatic nitrogens is 1. The van der Waals surface area contributed by atoms with Crippen molar-refractivity contribution in [3.8, 4) is 5.75 Å². The Hall–Kier alpha value is -3.39. The molecule has 0 radical (unpaired) electrons. The summed E-state index contributed by atoms with van der Waals surface area (Å²) in [7, 11) is 2.04. The van der Waals surface area contributed by atoms with Crippen molar-refractivity contribution in [2.45, 2.75) is 19.5 Å². The third kappa shape index (κ3) is 3.84. The molecule has 2 aliphatic rings. The molecule has 2 aliphatic heterocycles. The molecule has 1 amide bonds. The molecule has 0 aliphatic carbocycles. The van der Waals surface area contributed by atoms with Gasteiger partial charge >= 0.3 is 0 Å². The lowest BCUT2D eigenvalue weighted by Crippen LogP contribution is -2.45. The minimum absolute atomic E-state index is 0.00452. The lowest BCUT2D eigenvalue weighted by molar-refractivity contribution is 0.0948. The van der Waals surface area contributed by atoms with Gasteiger partial charge in [-0.05, 0) is 25.6 Å². The number of rotatable bonds is 4. The van der Waals surface area contributed by atoms with Gasteiger partial charge in [0.2, 0.25) is 5.43 Å². The maximum absolute atomic E-state index is 15.4. The Morgan fingerprint density at radius 1 is 1.18 bits per heavy atom. The van der Waals surface area contributed by atoms with Crippen LogP contribution >= 0.6 is 0 Å². The highest BCUT2D eigenvalue weighted by molar-refractivity contribution is 6.00. The summed E-state index contributed by atoms with van der Waals surface area (Å²) in [5, 5.41) is 2.98. The summed E-state index contributed by atoms with van der Waals surface area (Å²) in [6.07, 6.45) is 1.59. The Bertz CT molecular complexity index is 1270. The predicted octanol–water partition coefficient (Wildman–Crippen LogP) is 2.78. The van der Waals surface area contributed by atoms with Crippen molar-refractivity contribution in [3.05, 3.63) is 69.8 Å². The average molecular weight is 451 g/mol. The van der Waals surface area contributed by atoms with Gasteiger partial charge in [-0.25, -0.2) is 4.39 Å². The van der Waals surface area contributed by atoms with Crippen LogP contribution in [0.4, 0.5) is 10.1 Å². The molecule has 0 bridgehead atoms. The number of ether oxygens (including phenoxy) is 1. The van der Waals surface area contributed by atoms with E-state index in [1.165, 1.54) is 6.07 Å². The number of carbonyl (C=O) groups is 1. The number of amides is 1. The van der Waals surface area contributed by atoms with E-state index in [1.54, 1.807) is 6.20 Å². The highest BCUT2D eigenvalue weighted by Gasteiger charge is 2.31.